The molecule has 3 saturated heterocycles. The Balaban J connectivity index is 1.40. The molecule has 1 aromatic carbocycles. The molecule has 4 atom stereocenters. The number of nitrogens with zero attached hydrogens (tertiary/aromatic N) is 1. The van der Waals surface area contributed by atoms with E-state index in [1.807, 2.05) is 30.3 Å². The van der Waals surface area contributed by atoms with Gasteiger partial charge in [0.25, 0.3) is 0 Å². The molecular formula is C23H32NO3+. The summed E-state index contributed by atoms with van der Waals surface area (Å²) in [4.78, 5) is 13.4. The normalized spacial score (nSPS) is 34.2. The standard InChI is InChI=1S/C23H32NO3/c25-22(23(26,18-10-4-5-11-18)17-8-2-1-3-9-17)27-21-16-19-12-13-20(21)24(19)14-6-7-15-24/h1-3,8-9,18-21,26H,4-7,10-16H2/q+1/t19?,20?,21?,23-/m0/s1. The van der Waals surface area contributed by atoms with Gasteiger partial charge in [0.1, 0.15) is 6.04 Å². The molecule has 5 rings (SSSR count). The van der Waals surface area contributed by atoms with Gasteiger partial charge < -0.3 is 14.3 Å². The molecule has 0 aromatic heterocycles. The number of esters is 1. The molecule has 3 unspecified atom stereocenters. The minimum absolute atomic E-state index is 0.00834. The number of benzene rings is 1. The van der Waals surface area contributed by atoms with E-state index >= 15 is 0 Å². The predicted molar refractivity (Wildman–Crippen MR) is 103 cm³/mol. The van der Waals surface area contributed by atoms with Crippen molar-refractivity contribution in [2.75, 3.05) is 13.1 Å². The molecule has 3 aliphatic heterocycles. The summed E-state index contributed by atoms with van der Waals surface area (Å²) in [5.41, 5.74) is -0.787. The molecule has 27 heavy (non-hydrogen) atoms. The van der Waals surface area contributed by atoms with E-state index in [2.05, 4.69) is 0 Å². The minimum Gasteiger partial charge on any atom is -0.453 e. The molecule has 4 fully saturated rings. The fourth-order valence-electron chi connectivity index (χ4n) is 6.95. The van der Waals surface area contributed by atoms with Crippen LogP contribution in [0.15, 0.2) is 30.3 Å². The van der Waals surface area contributed by atoms with Crippen LogP contribution in [0, 0.1) is 5.92 Å². The van der Waals surface area contributed by atoms with Crippen molar-refractivity contribution in [2.45, 2.75) is 81.6 Å². The fourth-order valence-corrected chi connectivity index (χ4v) is 6.95. The first-order valence-electron chi connectivity index (χ1n) is 11.0. The van der Waals surface area contributed by atoms with Gasteiger partial charge in [0.2, 0.25) is 0 Å². The quantitative estimate of drug-likeness (QED) is 0.652. The third kappa shape index (κ3) is 2.60. The molecule has 1 saturated carbocycles. The lowest BCUT2D eigenvalue weighted by Crippen LogP contribution is -2.52. The number of ether oxygens (including phenoxy) is 1. The Morgan fingerprint density at radius 3 is 2.41 bits per heavy atom. The monoisotopic (exact) mass is 370 g/mol. The van der Waals surface area contributed by atoms with Gasteiger partial charge in [0.15, 0.2) is 11.7 Å². The number of quaternary nitrogens is 1. The second-order valence-electron chi connectivity index (χ2n) is 9.35. The van der Waals surface area contributed by atoms with Crippen LogP contribution in [0.1, 0.15) is 63.4 Å². The van der Waals surface area contributed by atoms with Gasteiger partial charge >= 0.3 is 5.97 Å². The van der Waals surface area contributed by atoms with Crippen LogP contribution in [0.3, 0.4) is 0 Å². The Bertz CT molecular complexity index is 693. The summed E-state index contributed by atoms with van der Waals surface area (Å²) in [5, 5.41) is 11.7. The minimum atomic E-state index is -1.49. The van der Waals surface area contributed by atoms with Gasteiger partial charge in [0.05, 0.1) is 19.1 Å². The van der Waals surface area contributed by atoms with E-state index in [1.54, 1.807) is 0 Å². The molecule has 0 radical (unpaired) electrons. The summed E-state index contributed by atoms with van der Waals surface area (Å²) in [6.07, 6.45) is 10.0. The third-order valence-corrected chi connectivity index (χ3v) is 8.25. The van der Waals surface area contributed by atoms with Gasteiger partial charge in [-0.1, -0.05) is 43.2 Å². The summed E-state index contributed by atoms with van der Waals surface area (Å²) < 4.78 is 7.36. The van der Waals surface area contributed by atoms with Crippen LogP contribution in [0.5, 0.6) is 0 Å². The lowest BCUT2D eigenvalue weighted by molar-refractivity contribution is -0.938. The van der Waals surface area contributed by atoms with Gasteiger partial charge in [-0.15, -0.1) is 0 Å². The van der Waals surface area contributed by atoms with Crippen LogP contribution >= 0.6 is 0 Å². The molecule has 4 nitrogen and oxygen atoms in total. The highest BCUT2D eigenvalue weighted by Gasteiger charge is 2.62. The van der Waals surface area contributed by atoms with Crippen molar-refractivity contribution < 1.29 is 19.1 Å². The Hall–Kier alpha value is -1.39. The summed E-state index contributed by atoms with van der Waals surface area (Å²) in [7, 11) is 0. The molecule has 4 heteroatoms. The van der Waals surface area contributed by atoms with Crippen LogP contribution < -0.4 is 0 Å². The van der Waals surface area contributed by atoms with Crippen LogP contribution in [0.2, 0.25) is 0 Å². The van der Waals surface area contributed by atoms with Crippen molar-refractivity contribution in [2.24, 2.45) is 5.92 Å². The molecule has 1 aliphatic carbocycles. The van der Waals surface area contributed by atoms with Crippen LogP contribution in [0.25, 0.3) is 0 Å². The molecule has 0 amide bonds. The number of aliphatic hydroxyl groups is 1. The number of carbonyl (C=O) groups excluding carboxylic acids is 1. The molecule has 4 aliphatic rings. The van der Waals surface area contributed by atoms with Gasteiger partial charge in [0, 0.05) is 38.0 Å². The van der Waals surface area contributed by atoms with Crippen LogP contribution in [-0.4, -0.2) is 46.8 Å². The molecule has 3 heterocycles. The second-order valence-corrected chi connectivity index (χ2v) is 9.35. The highest BCUT2D eigenvalue weighted by Crippen LogP contribution is 2.49. The molecule has 1 N–H and O–H groups in total. The van der Waals surface area contributed by atoms with E-state index in [4.69, 9.17) is 4.74 Å². The SMILES string of the molecule is O=C(OC1CC2CCC1[N+]21CCCC1)[C@](O)(c1ccccc1)C1CCCC1. The average Bonchev–Trinajstić information content (AvgIpc) is 3.49. The Morgan fingerprint density at radius 2 is 1.70 bits per heavy atom. The zero-order valence-corrected chi connectivity index (χ0v) is 16.2. The molecular weight excluding hydrogens is 338 g/mol. The van der Waals surface area contributed by atoms with E-state index in [9.17, 15) is 9.90 Å². The van der Waals surface area contributed by atoms with Crippen molar-refractivity contribution in [3.05, 3.63) is 35.9 Å². The topological polar surface area (TPSA) is 46.5 Å². The predicted octanol–water partition coefficient (Wildman–Crippen LogP) is 3.52. The van der Waals surface area contributed by atoms with E-state index in [0.717, 1.165) is 32.1 Å². The summed E-state index contributed by atoms with van der Waals surface area (Å²) in [6.45, 7) is 2.52. The zero-order chi connectivity index (χ0) is 18.5. The van der Waals surface area contributed by atoms with Crippen molar-refractivity contribution >= 4 is 5.97 Å². The summed E-state index contributed by atoms with van der Waals surface area (Å²) >= 11 is 0. The van der Waals surface area contributed by atoms with Gasteiger partial charge in [-0.05, 0) is 18.4 Å². The number of rotatable bonds is 4. The lowest BCUT2D eigenvalue weighted by atomic mass is 9.80. The number of hydrogen-bond donors (Lipinski definition) is 1. The average molecular weight is 371 g/mol. The largest absolute Gasteiger partial charge is 0.453 e. The maximum Gasteiger partial charge on any atom is 0.343 e. The second kappa shape index (κ2) is 6.59. The molecule has 1 spiro atoms. The van der Waals surface area contributed by atoms with E-state index < -0.39 is 11.6 Å². The van der Waals surface area contributed by atoms with Crippen molar-refractivity contribution in [3.8, 4) is 0 Å². The summed E-state index contributed by atoms with van der Waals surface area (Å²) in [5.74, 6) is -0.420. The number of carbonyl (C=O) groups is 1. The first kappa shape index (κ1) is 17.7. The maximum atomic E-state index is 13.4. The highest BCUT2D eigenvalue weighted by molar-refractivity contribution is 5.82. The fraction of sp³-hybridized carbons (Fsp3) is 0.696. The van der Waals surface area contributed by atoms with Gasteiger partial charge in [-0.25, -0.2) is 4.79 Å². The zero-order valence-electron chi connectivity index (χ0n) is 16.2. The smallest absolute Gasteiger partial charge is 0.343 e. The van der Waals surface area contributed by atoms with E-state index in [1.165, 1.54) is 43.3 Å². The maximum absolute atomic E-state index is 13.4. The van der Waals surface area contributed by atoms with Crippen molar-refractivity contribution in [3.63, 3.8) is 0 Å². The molecule has 2 bridgehead atoms. The van der Waals surface area contributed by atoms with Gasteiger partial charge in [-0.3, -0.25) is 0 Å². The highest BCUT2D eigenvalue weighted by atomic mass is 16.6. The Kier molecular flexibility index (Phi) is 4.32. The van der Waals surface area contributed by atoms with E-state index in [0.29, 0.717) is 17.6 Å². The third-order valence-electron chi connectivity index (χ3n) is 8.25. The number of hydrogen-bond acceptors (Lipinski definition) is 3. The molecule has 146 valence electrons. The first-order valence-corrected chi connectivity index (χ1v) is 11.0. The Morgan fingerprint density at radius 1 is 1.00 bits per heavy atom. The van der Waals surface area contributed by atoms with Gasteiger partial charge in [-0.2, -0.15) is 0 Å². The summed E-state index contributed by atoms with van der Waals surface area (Å²) in [6, 6.07) is 10.6. The lowest BCUT2D eigenvalue weighted by Gasteiger charge is -2.36. The van der Waals surface area contributed by atoms with Crippen LogP contribution in [-0.2, 0) is 15.1 Å². The van der Waals surface area contributed by atoms with Crippen LogP contribution in [0.4, 0.5) is 0 Å². The van der Waals surface area contributed by atoms with Crippen molar-refractivity contribution in [1.29, 1.82) is 0 Å². The van der Waals surface area contributed by atoms with E-state index in [-0.39, 0.29) is 12.0 Å². The molecule has 1 aromatic rings. The van der Waals surface area contributed by atoms with Crippen molar-refractivity contribution in [1.82, 2.24) is 0 Å². The first-order chi connectivity index (χ1) is 13.1. The Labute approximate surface area is 162 Å².